The van der Waals surface area contributed by atoms with Crippen LogP contribution in [0.25, 0.3) is 0 Å². The quantitative estimate of drug-likeness (QED) is 0.853. The largest absolute Gasteiger partial charge is 0.370 e. The molecule has 0 atom stereocenters. The first kappa shape index (κ1) is 12.8. The van der Waals surface area contributed by atoms with Crippen LogP contribution < -0.4 is 5.32 Å². The van der Waals surface area contributed by atoms with Crippen LogP contribution in [0, 0.1) is 0 Å². The first-order chi connectivity index (χ1) is 8.79. The van der Waals surface area contributed by atoms with Gasteiger partial charge in [0.1, 0.15) is 12.4 Å². The highest BCUT2D eigenvalue weighted by molar-refractivity contribution is 5.77. The number of nitrogens with one attached hydrogen (secondary N) is 1. The lowest BCUT2D eigenvalue weighted by Gasteiger charge is -2.26. The van der Waals surface area contributed by atoms with Crippen LogP contribution in [0.3, 0.4) is 0 Å². The van der Waals surface area contributed by atoms with Gasteiger partial charge in [-0.2, -0.15) is 0 Å². The second kappa shape index (κ2) is 6.35. The van der Waals surface area contributed by atoms with Gasteiger partial charge in [0, 0.05) is 25.8 Å². The van der Waals surface area contributed by atoms with E-state index in [0.717, 1.165) is 24.3 Å². The molecule has 1 aromatic rings. The van der Waals surface area contributed by atoms with Crippen molar-refractivity contribution < 1.29 is 9.53 Å². The number of rotatable bonds is 5. The predicted molar refractivity (Wildman–Crippen MR) is 69.3 cm³/mol. The Kier molecular flexibility index (Phi) is 4.52. The van der Waals surface area contributed by atoms with Crippen molar-refractivity contribution in [3.05, 3.63) is 23.9 Å². The summed E-state index contributed by atoms with van der Waals surface area (Å²) >= 11 is 0. The van der Waals surface area contributed by atoms with E-state index in [4.69, 9.17) is 4.74 Å². The first-order valence-corrected chi connectivity index (χ1v) is 6.34. The summed E-state index contributed by atoms with van der Waals surface area (Å²) in [6, 6.07) is 3.96. The van der Waals surface area contributed by atoms with E-state index < -0.39 is 0 Å². The van der Waals surface area contributed by atoms with Crippen molar-refractivity contribution in [3.63, 3.8) is 0 Å². The third-order valence-corrected chi connectivity index (χ3v) is 2.84. The fourth-order valence-corrected chi connectivity index (χ4v) is 1.81. The van der Waals surface area contributed by atoms with Crippen molar-refractivity contribution in [3.8, 4) is 0 Å². The molecule has 1 saturated heterocycles. The lowest BCUT2D eigenvalue weighted by atomic mass is 10.2. The molecular weight excluding hydrogens is 230 g/mol. The van der Waals surface area contributed by atoms with Gasteiger partial charge >= 0.3 is 0 Å². The van der Waals surface area contributed by atoms with Gasteiger partial charge in [0.15, 0.2) is 0 Å². The molecule has 0 bridgehead atoms. The molecule has 1 N–H and O–H groups in total. The Bertz CT molecular complexity index is 392. The van der Waals surface area contributed by atoms with Crippen LogP contribution >= 0.6 is 0 Å². The number of hydrogen-bond donors (Lipinski definition) is 1. The van der Waals surface area contributed by atoms with Gasteiger partial charge in [-0.05, 0) is 18.1 Å². The van der Waals surface area contributed by atoms with Gasteiger partial charge in [-0.25, -0.2) is 4.98 Å². The van der Waals surface area contributed by atoms with Crippen LogP contribution in [0.4, 0.5) is 5.82 Å². The minimum atomic E-state index is 0.0504. The number of ether oxygens (including phenoxy) is 1. The van der Waals surface area contributed by atoms with E-state index >= 15 is 0 Å². The van der Waals surface area contributed by atoms with Crippen LogP contribution in [-0.2, 0) is 16.1 Å². The molecule has 0 spiro atoms. The first-order valence-electron chi connectivity index (χ1n) is 6.34. The van der Waals surface area contributed by atoms with Crippen LogP contribution in [0.15, 0.2) is 18.3 Å². The molecule has 5 nitrogen and oxygen atoms in total. The van der Waals surface area contributed by atoms with E-state index in [-0.39, 0.29) is 12.5 Å². The molecular formula is C13H19N3O2. The highest BCUT2D eigenvalue weighted by atomic mass is 16.5. The van der Waals surface area contributed by atoms with E-state index in [9.17, 15) is 4.79 Å². The Balaban J connectivity index is 1.91. The zero-order chi connectivity index (χ0) is 12.8. The Hall–Kier alpha value is -1.62. The van der Waals surface area contributed by atoms with E-state index in [1.165, 1.54) is 0 Å². The molecule has 1 aromatic heterocycles. The number of pyridine rings is 1. The van der Waals surface area contributed by atoms with Crippen molar-refractivity contribution >= 4 is 11.7 Å². The maximum atomic E-state index is 11.6. The lowest BCUT2D eigenvalue weighted by Crippen LogP contribution is -2.40. The van der Waals surface area contributed by atoms with E-state index in [1.54, 1.807) is 4.90 Å². The van der Waals surface area contributed by atoms with E-state index in [0.29, 0.717) is 19.7 Å². The summed E-state index contributed by atoms with van der Waals surface area (Å²) in [6.45, 7) is 5.14. The molecule has 0 aromatic carbocycles. The summed E-state index contributed by atoms with van der Waals surface area (Å²) in [7, 11) is 0. The number of hydrogen-bond acceptors (Lipinski definition) is 4. The maximum absolute atomic E-state index is 11.6. The fraction of sp³-hybridized carbons (Fsp3) is 0.538. The average molecular weight is 249 g/mol. The minimum Gasteiger partial charge on any atom is -0.370 e. The van der Waals surface area contributed by atoms with Crippen LogP contribution in [0.1, 0.15) is 18.9 Å². The van der Waals surface area contributed by atoms with Gasteiger partial charge < -0.3 is 15.0 Å². The number of carbonyl (C=O) groups excluding carboxylic acids is 1. The highest BCUT2D eigenvalue weighted by Gasteiger charge is 2.18. The molecule has 1 aliphatic rings. The topological polar surface area (TPSA) is 54.5 Å². The normalized spacial score (nSPS) is 15.8. The van der Waals surface area contributed by atoms with Crippen molar-refractivity contribution in [1.82, 2.24) is 9.88 Å². The lowest BCUT2D eigenvalue weighted by molar-refractivity contribution is -0.143. The molecule has 2 heterocycles. The molecule has 0 aliphatic carbocycles. The number of amides is 1. The Morgan fingerprint density at radius 1 is 1.50 bits per heavy atom. The zero-order valence-corrected chi connectivity index (χ0v) is 10.7. The number of anilines is 1. The summed E-state index contributed by atoms with van der Waals surface area (Å²) in [6.07, 6.45) is 2.90. The molecule has 98 valence electrons. The van der Waals surface area contributed by atoms with Gasteiger partial charge in [-0.1, -0.05) is 13.0 Å². The standard InChI is InChI=1S/C13H19N3O2/c1-2-5-14-12-4-3-11(8-15-12)9-16-6-7-18-10-13(16)17/h3-4,8H,2,5-7,9-10H2,1H3,(H,14,15). The molecule has 2 rings (SSSR count). The SMILES string of the molecule is CCCNc1ccc(CN2CCOCC2=O)cn1. The molecule has 1 aliphatic heterocycles. The summed E-state index contributed by atoms with van der Waals surface area (Å²) in [5, 5.41) is 3.22. The minimum absolute atomic E-state index is 0.0504. The third kappa shape index (κ3) is 3.43. The van der Waals surface area contributed by atoms with Gasteiger partial charge in [0.2, 0.25) is 5.91 Å². The van der Waals surface area contributed by atoms with Crippen molar-refractivity contribution in [2.24, 2.45) is 0 Å². The monoisotopic (exact) mass is 249 g/mol. The number of nitrogens with zero attached hydrogens (tertiary/aromatic N) is 2. The number of aromatic nitrogens is 1. The average Bonchev–Trinajstić information content (AvgIpc) is 2.41. The van der Waals surface area contributed by atoms with Gasteiger partial charge in [0.05, 0.1) is 6.61 Å². The third-order valence-electron chi connectivity index (χ3n) is 2.84. The van der Waals surface area contributed by atoms with Crippen LogP contribution in [-0.4, -0.2) is 42.1 Å². The molecule has 1 fully saturated rings. The van der Waals surface area contributed by atoms with Gasteiger partial charge in [-0.15, -0.1) is 0 Å². The molecule has 5 heteroatoms. The predicted octanol–water partition coefficient (Wildman–Crippen LogP) is 1.26. The molecule has 0 unspecified atom stereocenters. The van der Waals surface area contributed by atoms with Crippen molar-refractivity contribution in [2.75, 3.05) is 31.6 Å². The summed E-state index contributed by atoms with van der Waals surface area (Å²) in [5.74, 6) is 0.934. The smallest absolute Gasteiger partial charge is 0.248 e. The summed E-state index contributed by atoms with van der Waals surface area (Å²) in [4.78, 5) is 17.7. The number of carbonyl (C=O) groups is 1. The van der Waals surface area contributed by atoms with Gasteiger partial charge in [-0.3, -0.25) is 4.79 Å². The zero-order valence-electron chi connectivity index (χ0n) is 10.7. The summed E-state index contributed by atoms with van der Waals surface area (Å²) in [5.41, 5.74) is 1.05. The Morgan fingerprint density at radius 3 is 3.06 bits per heavy atom. The molecule has 0 radical (unpaired) electrons. The van der Waals surface area contributed by atoms with Crippen LogP contribution in [0.5, 0.6) is 0 Å². The number of morpholine rings is 1. The Morgan fingerprint density at radius 2 is 2.39 bits per heavy atom. The Labute approximate surface area is 107 Å². The van der Waals surface area contributed by atoms with E-state index in [1.807, 2.05) is 18.3 Å². The molecule has 0 saturated carbocycles. The second-order valence-corrected chi connectivity index (χ2v) is 4.35. The van der Waals surface area contributed by atoms with Crippen molar-refractivity contribution in [2.45, 2.75) is 19.9 Å². The molecule has 1 amide bonds. The second-order valence-electron chi connectivity index (χ2n) is 4.35. The molecule has 18 heavy (non-hydrogen) atoms. The fourth-order valence-electron chi connectivity index (χ4n) is 1.81. The maximum Gasteiger partial charge on any atom is 0.248 e. The van der Waals surface area contributed by atoms with E-state index in [2.05, 4.69) is 17.2 Å². The highest BCUT2D eigenvalue weighted by Crippen LogP contribution is 2.09. The van der Waals surface area contributed by atoms with Crippen LogP contribution in [0.2, 0.25) is 0 Å². The van der Waals surface area contributed by atoms with Gasteiger partial charge in [0.25, 0.3) is 0 Å². The summed E-state index contributed by atoms with van der Waals surface area (Å²) < 4.78 is 5.10. The van der Waals surface area contributed by atoms with Crippen molar-refractivity contribution in [1.29, 1.82) is 0 Å².